The molecule has 0 aromatic carbocycles. The SMILES string of the molecule is C[C@H](NC(=O)N(CCS)CCC1CCCC1)C(=O)N1CCN(C)CC1.O=C(O)C(O)C(O)C(=O)O. The van der Waals surface area contributed by atoms with Crippen molar-refractivity contribution in [2.45, 2.75) is 57.3 Å². The fraction of sp³-hybridized carbons (Fsp3) is 0.818. The first-order valence-electron chi connectivity index (χ1n) is 11.9. The van der Waals surface area contributed by atoms with Gasteiger partial charge in [0.05, 0.1) is 0 Å². The third-order valence-corrected chi connectivity index (χ3v) is 6.47. The van der Waals surface area contributed by atoms with E-state index < -0.39 is 30.2 Å². The summed E-state index contributed by atoms with van der Waals surface area (Å²) in [7, 11) is 2.06. The van der Waals surface area contributed by atoms with E-state index in [1.54, 1.807) is 6.92 Å². The average Bonchev–Trinajstić information content (AvgIpc) is 3.34. The first-order valence-corrected chi connectivity index (χ1v) is 12.6. The minimum absolute atomic E-state index is 0.0167. The van der Waals surface area contributed by atoms with Gasteiger partial charge in [0.15, 0.2) is 12.2 Å². The zero-order valence-corrected chi connectivity index (χ0v) is 21.4. The summed E-state index contributed by atoms with van der Waals surface area (Å²) in [6.45, 7) is 6.41. The minimum atomic E-state index is -2.27. The van der Waals surface area contributed by atoms with Crippen molar-refractivity contribution in [3.8, 4) is 0 Å². The van der Waals surface area contributed by atoms with E-state index >= 15 is 0 Å². The van der Waals surface area contributed by atoms with E-state index in [4.69, 9.17) is 20.4 Å². The second-order valence-electron chi connectivity index (χ2n) is 9.02. The molecule has 0 bridgehead atoms. The highest BCUT2D eigenvalue weighted by molar-refractivity contribution is 7.80. The van der Waals surface area contributed by atoms with Gasteiger partial charge in [0, 0.05) is 45.0 Å². The molecule has 5 N–H and O–H groups in total. The quantitative estimate of drug-likeness (QED) is 0.209. The molecule has 1 saturated heterocycles. The lowest BCUT2D eigenvalue weighted by Crippen LogP contribution is -2.55. The smallest absolute Gasteiger partial charge is 0.335 e. The maximum Gasteiger partial charge on any atom is 0.335 e. The molecule has 13 heteroatoms. The number of aliphatic hydroxyl groups excluding tert-OH is 2. The number of nitrogens with one attached hydrogen (secondary N) is 1. The van der Waals surface area contributed by atoms with E-state index in [1.807, 2.05) is 9.80 Å². The lowest BCUT2D eigenvalue weighted by atomic mass is 10.0. The molecule has 2 unspecified atom stereocenters. The average molecular weight is 521 g/mol. The van der Waals surface area contributed by atoms with E-state index in [9.17, 15) is 19.2 Å². The summed E-state index contributed by atoms with van der Waals surface area (Å²) in [5.41, 5.74) is 0. The van der Waals surface area contributed by atoms with Gasteiger partial charge in [-0.1, -0.05) is 25.7 Å². The van der Waals surface area contributed by atoms with Gasteiger partial charge in [-0.3, -0.25) is 4.79 Å². The Labute approximate surface area is 211 Å². The number of carbonyl (C=O) groups excluding carboxylic acids is 2. The molecule has 0 aromatic rings. The predicted octanol–water partition coefficient (Wildman–Crippen LogP) is -0.452. The summed E-state index contributed by atoms with van der Waals surface area (Å²) < 4.78 is 0. The number of amides is 3. The van der Waals surface area contributed by atoms with Gasteiger partial charge >= 0.3 is 18.0 Å². The van der Waals surface area contributed by atoms with E-state index in [-0.39, 0.29) is 11.9 Å². The first kappa shape index (κ1) is 30.9. The zero-order valence-electron chi connectivity index (χ0n) is 20.5. The molecule has 2 fully saturated rings. The highest BCUT2D eigenvalue weighted by Gasteiger charge is 2.29. The molecule has 3 atom stereocenters. The third-order valence-electron chi connectivity index (χ3n) is 6.27. The molecule has 1 aliphatic carbocycles. The van der Waals surface area contributed by atoms with Crippen molar-refractivity contribution in [3.05, 3.63) is 0 Å². The van der Waals surface area contributed by atoms with Gasteiger partial charge in [-0.15, -0.1) is 0 Å². The van der Waals surface area contributed by atoms with Crippen LogP contribution in [0.25, 0.3) is 0 Å². The Balaban J connectivity index is 0.000000518. The molecule has 202 valence electrons. The van der Waals surface area contributed by atoms with Gasteiger partial charge in [-0.25, -0.2) is 14.4 Å². The second kappa shape index (κ2) is 15.8. The van der Waals surface area contributed by atoms with Crippen molar-refractivity contribution in [2.24, 2.45) is 5.92 Å². The summed E-state index contributed by atoms with van der Waals surface area (Å²) >= 11 is 4.28. The number of carboxylic acid groups (broad SMARTS) is 2. The van der Waals surface area contributed by atoms with Gasteiger partial charge < -0.3 is 40.4 Å². The monoisotopic (exact) mass is 520 g/mol. The third kappa shape index (κ3) is 11.0. The number of carbonyl (C=O) groups is 4. The van der Waals surface area contributed by atoms with Crippen LogP contribution < -0.4 is 5.32 Å². The topological polar surface area (TPSA) is 171 Å². The van der Waals surface area contributed by atoms with Crippen LogP contribution in [0.5, 0.6) is 0 Å². The number of carboxylic acids is 2. The summed E-state index contributed by atoms with van der Waals surface area (Å²) in [6.07, 6.45) is 1.74. The minimum Gasteiger partial charge on any atom is -0.479 e. The van der Waals surface area contributed by atoms with E-state index in [1.165, 1.54) is 25.7 Å². The lowest BCUT2D eigenvalue weighted by Gasteiger charge is -2.34. The predicted molar refractivity (Wildman–Crippen MR) is 131 cm³/mol. The van der Waals surface area contributed by atoms with Gasteiger partial charge in [-0.05, 0) is 26.3 Å². The molecule has 2 rings (SSSR count). The van der Waals surface area contributed by atoms with Crippen LogP contribution in [0.1, 0.15) is 39.0 Å². The van der Waals surface area contributed by atoms with Crippen molar-refractivity contribution in [1.29, 1.82) is 0 Å². The molecule has 0 spiro atoms. The number of aliphatic carboxylic acids is 2. The lowest BCUT2D eigenvalue weighted by molar-refractivity contribution is -0.165. The van der Waals surface area contributed by atoms with Crippen molar-refractivity contribution in [2.75, 3.05) is 52.1 Å². The van der Waals surface area contributed by atoms with Crippen LogP contribution in [0.15, 0.2) is 0 Å². The van der Waals surface area contributed by atoms with E-state index in [0.717, 1.165) is 45.1 Å². The number of hydrogen-bond acceptors (Lipinski definition) is 8. The van der Waals surface area contributed by atoms with Crippen LogP contribution in [0.2, 0.25) is 0 Å². The Hall–Kier alpha value is -2.09. The van der Waals surface area contributed by atoms with Crippen LogP contribution in [0, 0.1) is 5.92 Å². The Morgan fingerprint density at radius 2 is 1.49 bits per heavy atom. The fourth-order valence-corrected chi connectivity index (χ4v) is 4.22. The number of likely N-dealkylation sites (N-methyl/N-ethyl adjacent to an activating group) is 1. The Bertz CT molecular complexity index is 681. The molecule has 35 heavy (non-hydrogen) atoms. The van der Waals surface area contributed by atoms with E-state index in [2.05, 4.69) is 29.9 Å². The fourth-order valence-electron chi connectivity index (χ4n) is 3.98. The number of thiol groups is 1. The van der Waals surface area contributed by atoms with Crippen LogP contribution in [0.4, 0.5) is 4.79 Å². The number of nitrogens with zero attached hydrogens (tertiary/aromatic N) is 3. The molecular weight excluding hydrogens is 480 g/mol. The number of aliphatic hydroxyl groups is 2. The van der Waals surface area contributed by atoms with Gasteiger partial charge in [-0.2, -0.15) is 12.6 Å². The number of piperazine rings is 1. The molecule has 1 saturated carbocycles. The van der Waals surface area contributed by atoms with E-state index in [0.29, 0.717) is 12.3 Å². The Kier molecular flexibility index (Phi) is 14.0. The highest BCUT2D eigenvalue weighted by atomic mass is 32.1. The van der Waals surface area contributed by atoms with Crippen molar-refractivity contribution in [1.82, 2.24) is 20.0 Å². The summed E-state index contributed by atoms with van der Waals surface area (Å²) in [5, 5.41) is 35.4. The van der Waals surface area contributed by atoms with Crippen LogP contribution in [-0.4, -0.2) is 129 Å². The van der Waals surface area contributed by atoms with Crippen molar-refractivity contribution in [3.63, 3.8) is 0 Å². The Morgan fingerprint density at radius 1 is 0.971 bits per heavy atom. The van der Waals surface area contributed by atoms with Crippen molar-refractivity contribution < 1.29 is 39.6 Å². The number of urea groups is 1. The molecule has 1 heterocycles. The second-order valence-corrected chi connectivity index (χ2v) is 9.46. The Morgan fingerprint density at radius 3 is 1.94 bits per heavy atom. The summed E-state index contributed by atoms with van der Waals surface area (Å²) in [6, 6.07) is -0.619. The van der Waals surface area contributed by atoms with Gasteiger partial charge in [0.2, 0.25) is 5.91 Å². The maximum atomic E-state index is 12.6. The molecule has 0 radical (unpaired) electrons. The van der Waals surface area contributed by atoms with Gasteiger partial charge in [0.1, 0.15) is 6.04 Å². The maximum absolute atomic E-state index is 12.6. The number of rotatable bonds is 10. The molecule has 3 amide bonds. The molecule has 0 aromatic heterocycles. The normalized spacial score (nSPS) is 19.2. The molecular formula is C22H40N4O8S. The molecule has 12 nitrogen and oxygen atoms in total. The number of hydrogen-bond donors (Lipinski definition) is 6. The van der Waals surface area contributed by atoms with Crippen LogP contribution in [-0.2, 0) is 14.4 Å². The standard InChI is InChI=1S/C18H34N4O2S.C4H6O6/c1-15(17(23)21-11-9-20(2)10-12-21)19-18(24)22(13-14-25)8-7-16-5-3-4-6-16;5-1(3(7)8)2(6)4(9)10/h15-16,25H,3-14H2,1-2H3,(H,19,24);1-2,5-6H,(H,7,8)(H,9,10)/t15-;/m0./s1. The summed E-state index contributed by atoms with van der Waals surface area (Å²) in [4.78, 5) is 50.6. The van der Waals surface area contributed by atoms with Crippen LogP contribution in [0.3, 0.4) is 0 Å². The van der Waals surface area contributed by atoms with Crippen molar-refractivity contribution >= 4 is 36.5 Å². The van der Waals surface area contributed by atoms with Crippen LogP contribution >= 0.6 is 12.6 Å². The summed E-state index contributed by atoms with van der Waals surface area (Å²) in [5.74, 6) is -2.13. The molecule has 1 aliphatic heterocycles. The highest BCUT2D eigenvalue weighted by Crippen LogP contribution is 2.27. The van der Waals surface area contributed by atoms with Gasteiger partial charge in [0.25, 0.3) is 0 Å². The largest absolute Gasteiger partial charge is 0.479 e. The molecule has 2 aliphatic rings. The first-order chi connectivity index (χ1) is 16.5. The zero-order chi connectivity index (χ0) is 26.5.